The van der Waals surface area contributed by atoms with Crippen molar-refractivity contribution < 1.29 is 0 Å². The fourth-order valence-electron chi connectivity index (χ4n) is 9.43. The van der Waals surface area contributed by atoms with Gasteiger partial charge in [-0.3, -0.25) is 0 Å². The van der Waals surface area contributed by atoms with Crippen molar-refractivity contribution in [3.63, 3.8) is 0 Å². The highest BCUT2D eigenvalue weighted by atomic mass is 32.1. The summed E-state index contributed by atoms with van der Waals surface area (Å²) in [7, 11) is 0. The van der Waals surface area contributed by atoms with Gasteiger partial charge >= 0.3 is 0 Å². The number of hydrogen-bond acceptors (Lipinski definition) is 2. The number of rotatable bonds is 1. The summed E-state index contributed by atoms with van der Waals surface area (Å²) in [5.74, 6) is 0.695. The molecule has 0 N–H and O–H groups in total. The first kappa shape index (κ1) is 24.7. The molecular formula is C42H30BNS. The second kappa shape index (κ2) is 8.99. The largest absolute Gasteiger partial charge is 0.311 e. The van der Waals surface area contributed by atoms with Crippen LogP contribution in [-0.4, -0.2) is 6.71 Å². The van der Waals surface area contributed by atoms with Crippen molar-refractivity contribution in [3.05, 3.63) is 147 Å². The van der Waals surface area contributed by atoms with Crippen LogP contribution in [0.4, 0.5) is 17.1 Å². The van der Waals surface area contributed by atoms with Crippen molar-refractivity contribution in [1.29, 1.82) is 0 Å². The highest BCUT2D eigenvalue weighted by Gasteiger charge is 2.50. The number of hydrogen-bond donors (Lipinski definition) is 0. The van der Waals surface area contributed by atoms with E-state index in [1.807, 2.05) is 11.3 Å². The molecule has 4 aromatic carbocycles. The van der Waals surface area contributed by atoms with Crippen molar-refractivity contribution in [2.45, 2.75) is 31.6 Å². The molecule has 45 heavy (non-hydrogen) atoms. The van der Waals surface area contributed by atoms with Gasteiger partial charge < -0.3 is 4.90 Å². The van der Waals surface area contributed by atoms with E-state index in [1.165, 1.54) is 76.3 Å². The molecule has 1 nitrogen and oxygen atoms in total. The van der Waals surface area contributed by atoms with Gasteiger partial charge in [0.25, 0.3) is 0 Å². The Morgan fingerprint density at radius 1 is 0.800 bits per heavy atom. The van der Waals surface area contributed by atoms with E-state index in [2.05, 4.69) is 126 Å². The van der Waals surface area contributed by atoms with E-state index in [4.69, 9.17) is 0 Å². The first-order chi connectivity index (χ1) is 22.3. The second-order valence-electron chi connectivity index (χ2n) is 13.4. The SMILES string of the molecule is C1=CC2c3cccc4c3B(C3=Cc5sc6ccccc6c5C(=C1)C32)c1c(ccc2c1CCC=C2)N4c1ccc2c(c1)C=CCC2. The van der Waals surface area contributed by atoms with Crippen molar-refractivity contribution in [2.24, 2.45) is 5.92 Å². The molecule has 0 spiro atoms. The van der Waals surface area contributed by atoms with Crippen LogP contribution in [0.25, 0.3) is 33.9 Å². The Labute approximate surface area is 268 Å². The number of thiophene rings is 1. The molecule has 2 aliphatic heterocycles. The molecule has 11 rings (SSSR count). The van der Waals surface area contributed by atoms with E-state index in [0.717, 1.165) is 25.7 Å². The van der Waals surface area contributed by atoms with Crippen LogP contribution in [0.5, 0.6) is 0 Å². The van der Waals surface area contributed by atoms with E-state index in [-0.39, 0.29) is 6.71 Å². The Morgan fingerprint density at radius 3 is 2.67 bits per heavy atom. The highest BCUT2D eigenvalue weighted by molar-refractivity contribution is 7.20. The summed E-state index contributed by atoms with van der Waals surface area (Å²) >= 11 is 1.97. The summed E-state index contributed by atoms with van der Waals surface area (Å²) in [6, 6.07) is 28.2. The maximum atomic E-state index is 2.62. The normalized spacial score (nSPS) is 20.9. The van der Waals surface area contributed by atoms with Crippen LogP contribution in [0.2, 0.25) is 0 Å². The van der Waals surface area contributed by atoms with Gasteiger partial charge in [0, 0.05) is 49.4 Å². The summed E-state index contributed by atoms with van der Waals surface area (Å²) in [6.07, 6.45) is 23.7. The molecule has 2 atom stereocenters. The fourth-order valence-corrected chi connectivity index (χ4v) is 10.6. The second-order valence-corrected chi connectivity index (χ2v) is 14.5. The van der Waals surface area contributed by atoms with Gasteiger partial charge in [-0.1, -0.05) is 96.5 Å². The van der Waals surface area contributed by atoms with Crippen LogP contribution in [0.3, 0.4) is 0 Å². The smallest absolute Gasteiger partial charge is 0.244 e. The van der Waals surface area contributed by atoms with Gasteiger partial charge in [0.2, 0.25) is 6.71 Å². The molecular weight excluding hydrogens is 561 g/mol. The Morgan fingerprint density at radius 2 is 1.69 bits per heavy atom. The lowest BCUT2D eigenvalue weighted by molar-refractivity contribution is 0.699. The number of allylic oxidation sites excluding steroid dienone is 7. The van der Waals surface area contributed by atoms with Crippen LogP contribution < -0.4 is 15.8 Å². The molecule has 3 heteroatoms. The number of fused-ring (bicyclic) bond motifs is 11. The topological polar surface area (TPSA) is 3.24 Å². The lowest BCUT2D eigenvalue weighted by Gasteiger charge is -2.48. The summed E-state index contributed by atoms with van der Waals surface area (Å²) in [5, 5.41) is 1.41. The van der Waals surface area contributed by atoms with Crippen LogP contribution >= 0.6 is 11.3 Å². The zero-order valence-electron chi connectivity index (χ0n) is 25.0. The van der Waals surface area contributed by atoms with E-state index in [0.29, 0.717) is 11.8 Å². The van der Waals surface area contributed by atoms with Crippen LogP contribution in [0, 0.1) is 5.92 Å². The van der Waals surface area contributed by atoms with Gasteiger partial charge in [-0.2, -0.15) is 0 Å². The minimum Gasteiger partial charge on any atom is -0.311 e. The Bertz CT molecular complexity index is 2310. The zero-order valence-corrected chi connectivity index (χ0v) is 25.8. The number of nitrogens with zero attached hydrogens (tertiary/aromatic N) is 1. The monoisotopic (exact) mass is 591 g/mol. The van der Waals surface area contributed by atoms with Crippen molar-refractivity contribution in [1.82, 2.24) is 0 Å². The Kier molecular flexibility index (Phi) is 4.93. The molecule has 6 aliphatic rings. The first-order valence-corrected chi connectivity index (χ1v) is 17.3. The quantitative estimate of drug-likeness (QED) is 0.176. The average Bonchev–Trinajstić information content (AvgIpc) is 3.48. The van der Waals surface area contributed by atoms with Crippen molar-refractivity contribution >= 4 is 79.9 Å². The highest BCUT2D eigenvalue weighted by Crippen LogP contribution is 2.56. The van der Waals surface area contributed by atoms with Crippen molar-refractivity contribution in [2.75, 3.05) is 4.90 Å². The third-order valence-corrected chi connectivity index (χ3v) is 12.3. The maximum Gasteiger partial charge on any atom is 0.244 e. The third kappa shape index (κ3) is 3.24. The number of aryl methyl sites for hydroxylation is 1. The van der Waals surface area contributed by atoms with Crippen LogP contribution in [0.1, 0.15) is 57.0 Å². The molecule has 212 valence electrons. The minimum absolute atomic E-state index is 0.246. The molecule has 0 bridgehead atoms. The van der Waals surface area contributed by atoms with E-state index < -0.39 is 0 Å². The molecule has 4 aliphatic carbocycles. The molecule has 0 fully saturated rings. The predicted molar refractivity (Wildman–Crippen MR) is 194 cm³/mol. The minimum atomic E-state index is 0.246. The number of anilines is 3. The molecule has 3 heterocycles. The van der Waals surface area contributed by atoms with Gasteiger partial charge in [-0.25, -0.2) is 0 Å². The van der Waals surface area contributed by atoms with Gasteiger partial charge in [0.05, 0.1) is 0 Å². The number of benzene rings is 4. The maximum absolute atomic E-state index is 2.62. The van der Waals surface area contributed by atoms with Gasteiger partial charge in [-0.05, 0) is 100 Å². The van der Waals surface area contributed by atoms with E-state index in [1.54, 1.807) is 11.0 Å². The van der Waals surface area contributed by atoms with Crippen molar-refractivity contribution in [3.8, 4) is 0 Å². The summed E-state index contributed by atoms with van der Waals surface area (Å²) in [5.41, 5.74) is 18.9. The molecule has 1 aromatic heterocycles. The summed E-state index contributed by atoms with van der Waals surface area (Å²) in [4.78, 5) is 4.03. The molecule has 0 saturated carbocycles. The zero-order chi connectivity index (χ0) is 29.2. The summed E-state index contributed by atoms with van der Waals surface area (Å²) in [6.45, 7) is 0.246. The average molecular weight is 592 g/mol. The molecule has 2 unspecified atom stereocenters. The summed E-state index contributed by atoms with van der Waals surface area (Å²) < 4.78 is 1.39. The van der Waals surface area contributed by atoms with Crippen LogP contribution in [-0.2, 0) is 12.8 Å². The lowest BCUT2D eigenvalue weighted by Crippen LogP contribution is -2.59. The third-order valence-electron chi connectivity index (χ3n) is 11.2. The Balaban J connectivity index is 1.24. The lowest BCUT2D eigenvalue weighted by atomic mass is 9.27. The van der Waals surface area contributed by atoms with E-state index >= 15 is 0 Å². The van der Waals surface area contributed by atoms with Gasteiger partial charge in [0.1, 0.15) is 0 Å². The van der Waals surface area contributed by atoms with Gasteiger partial charge in [0.15, 0.2) is 0 Å². The Hall–Kier alpha value is -4.60. The molecule has 0 amide bonds. The predicted octanol–water partition coefficient (Wildman–Crippen LogP) is 9.52. The van der Waals surface area contributed by atoms with Crippen LogP contribution in [0.15, 0.2) is 109 Å². The standard InChI is InChI=1S/C42H30BNS/c1-2-11-27-23-28(21-19-25(27)9-1)44-35-17-8-15-31-30-14-7-16-33-39(30)34(24-38-40(33)32-13-5-6-18-37(32)45-38)43(42(31)35)41-29-12-4-3-10-26(29)20-22-36(41)44/h2-3,5-8,10-11,13-24,30,39H,1,4,9,12H2. The molecule has 0 saturated heterocycles. The fraction of sp³-hybridized carbons (Fsp3) is 0.143. The molecule has 5 aromatic rings. The first-order valence-electron chi connectivity index (χ1n) is 16.5. The molecule has 0 radical (unpaired) electrons. The van der Waals surface area contributed by atoms with E-state index in [9.17, 15) is 0 Å². The van der Waals surface area contributed by atoms with Gasteiger partial charge in [-0.15, -0.1) is 11.3 Å².